The van der Waals surface area contributed by atoms with Gasteiger partial charge in [0.2, 0.25) is 15.9 Å². The van der Waals surface area contributed by atoms with Gasteiger partial charge in [-0.1, -0.05) is 15.9 Å². The van der Waals surface area contributed by atoms with Crippen molar-refractivity contribution in [2.24, 2.45) is 0 Å². The van der Waals surface area contributed by atoms with Gasteiger partial charge in [0, 0.05) is 18.1 Å². The molecule has 2 rings (SSSR count). The molecular weight excluding hydrogens is 376 g/mol. The molecule has 1 atom stereocenters. The lowest BCUT2D eigenvalue weighted by atomic mass is 10.1. The van der Waals surface area contributed by atoms with Crippen LogP contribution >= 0.6 is 15.9 Å². The third kappa shape index (κ3) is 3.16. The van der Waals surface area contributed by atoms with Crippen LogP contribution in [-0.2, 0) is 14.8 Å². The summed E-state index contributed by atoms with van der Waals surface area (Å²) in [6.07, 6.45) is 0.382. The lowest BCUT2D eigenvalue weighted by molar-refractivity contribution is -0.127. The van der Waals surface area contributed by atoms with Gasteiger partial charge in [0.1, 0.15) is 6.04 Å². The summed E-state index contributed by atoms with van der Waals surface area (Å²) in [4.78, 5) is 24.3. The number of carbonyl (C=O) groups excluding carboxylic acids is 1. The topological polar surface area (TPSA) is 104 Å². The molecule has 1 heterocycles. The molecule has 1 aliphatic rings. The number of rotatable bonds is 4. The van der Waals surface area contributed by atoms with Crippen molar-refractivity contribution in [2.45, 2.75) is 24.3 Å². The van der Waals surface area contributed by atoms with Crippen LogP contribution in [0.1, 0.15) is 22.3 Å². The van der Waals surface area contributed by atoms with Crippen LogP contribution in [-0.4, -0.2) is 49.9 Å². The highest BCUT2D eigenvalue weighted by Crippen LogP contribution is 2.25. The third-order valence-corrected chi connectivity index (χ3v) is 5.86. The Morgan fingerprint density at radius 3 is 2.59 bits per heavy atom. The van der Waals surface area contributed by atoms with E-state index in [0.717, 1.165) is 6.07 Å². The van der Waals surface area contributed by atoms with Crippen LogP contribution < -0.4 is 4.72 Å². The van der Waals surface area contributed by atoms with E-state index in [2.05, 4.69) is 20.7 Å². The first kappa shape index (κ1) is 16.9. The molecule has 22 heavy (non-hydrogen) atoms. The number of benzene rings is 1. The first-order valence-corrected chi connectivity index (χ1v) is 8.72. The minimum atomic E-state index is -3.99. The molecule has 1 aromatic rings. The quantitative estimate of drug-likeness (QED) is 0.796. The Morgan fingerprint density at radius 2 is 2.09 bits per heavy atom. The van der Waals surface area contributed by atoms with Crippen LogP contribution in [0.25, 0.3) is 0 Å². The fourth-order valence-corrected chi connectivity index (χ4v) is 4.11. The molecule has 0 saturated carbocycles. The highest BCUT2D eigenvalue weighted by Gasteiger charge is 2.33. The van der Waals surface area contributed by atoms with Crippen molar-refractivity contribution in [3.05, 3.63) is 27.7 Å². The monoisotopic (exact) mass is 390 g/mol. The molecule has 0 aromatic heterocycles. The molecule has 9 heteroatoms. The SMILES string of the molecule is Cc1c(Br)cc(S(=O)(=O)NC2CCN(C)C2=O)cc1C(=O)O. The maximum absolute atomic E-state index is 12.4. The number of amides is 1. The van der Waals surface area contributed by atoms with Gasteiger partial charge in [-0.15, -0.1) is 0 Å². The van der Waals surface area contributed by atoms with Gasteiger partial charge in [0.05, 0.1) is 10.5 Å². The maximum Gasteiger partial charge on any atom is 0.336 e. The van der Waals surface area contributed by atoms with Crippen LogP contribution in [0.2, 0.25) is 0 Å². The van der Waals surface area contributed by atoms with E-state index in [4.69, 9.17) is 5.11 Å². The number of nitrogens with one attached hydrogen (secondary N) is 1. The molecule has 0 spiro atoms. The molecule has 0 aliphatic carbocycles. The minimum Gasteiger partial charge on any atom is -0.478 e. The number of nitrogens with zero attached hydrogens (tertiary/aromatic N) is 1. The molecule has 2 N–H and O–H groups in total. The first-order chi connectivity index (χ1) is 10.1. The summed E-state index contributed by atoms with van der Waals surface area (Å²) in [5.41, 5.74) is 0.327. The van der Waals surface area contributed by atoms with E-state index in [1.54, 1.807) is 14.0 Å². The summed E-state index contributed by atoms with van der Waals surface area (Å²) in [6, 6.07) is 1.60. The number of carbonyl (C=O) groups is 2. The van der Waals surface area contributed by atoms with Crippen LogP contribution in [0.15, 0.2) is 21.5 Å². The van der Waals surface area contributed by atoms with E-state index in [-0.39, 0.29) is 16.4 Å². The third-order valence-electron chi connectivity index (χ3n) is 3.58. The van der Waals surface area contributed by atoms with Gasteiger partial charge in [-0.3, -0.25) is 4.79 Å². The fourth-order valence-electron chi connectivity index (χ4n) is 2.22. The predicted octanol–water partition coefficient (Wildman–Crippen LogP) is 0.965. The summed E-state index contributed by atoms with van der Waals surface area (Å²) < 4.78 is 27.5. The Kier molecular flexibility index (Phi) is 4.59. The van der Waals surface area contributed by atoms with Crippen LogP contribution in [0, 0.1) is 6.92 Å². The number of aromatic carboxylic acids is 1. The molecule has 0 radical (unpaired) electrons. The van der Waals surface area contributed by atoms with Crippen molar-refractivity contribution in [3.8, 4) is 0 Å². The molecule has 7 nitrogen and oxygen atoms in total. The zero-order chi connectivity index (χ0) is 16.7. The van der Waals surface area contributed by atoms with E-state index < -0.39 is 22.0 Å². The van der Waals surface area contributed by atoms with Gasteiger partial charge in [-0.05, 0) is 31.0 Å². The zero-order valence-corrected chi connectivity index (χ0v) is 14.4. The molecule has 1 saturated heterocycles. The second-order valence-corrected chi connectivity index (χ2v) is 7.67. The lowest BCUT2D eigenvalue weighted by Crippen LogP contribution is -2.40. The van der Waals surface area contributed by atoms with Crippen molar-refractivity contribution in [2.75, 3.05) is 13.6 Å². The average Bonchev–Trinajstić information content (AvgIpc) is 2.72. The molecule has 0 bridgehead atoms. The highest BCUT2D eigenvalue weighted by atomic mass is 79.9. The zero-order valence-electron chi connectivity index (χ0n) is 12.0. The summed E-state index contributed by atoms with van der Waals surface area (Å²) in [5, 5.41) is 9.14. The number of sulfonamides is 1. The Bertz CT molecular complexity index is 747. The molecule has 1 fully saturated rings. The number of halogens is 1. The van der Waals surface area contributed by atoms with Crippen LogP contribution in [0.3, 0.4) is 0 Å². The van der Waals surface area contributed by atoms with Crippen LogP contribution in [0.5, 0.6) is 0 Å². The second kappa shape index (κ2) is 5.98. The van der Waals surface area contributed by atoms with E-state index >= 15 is 0 Å². The summed E-state index contributed by atoms with van der Waals surface area (Å²) >= 11 is 3.16. The smallest absolute Gasteiger partial charge is 0.336 e. The lowest BCUT2D eigenvalue weighted by Gasteiger charge is -2.14. The molecular formula is C13H15BrN2O5S. The Morgan fingerprint density at radius 1 is 1.45 bits per heavy atom. The Balaban J connectivity index is 2.38. The van der Waals surface area contributed by atoms with Gasteiger partial charge in [0.15, 0.2) is 0 Å². The van der Waals surface area contributed by atoms with Crippen molar-refractivity contribution >= 4 is 37.8 Å². The van der Waals surface area contributed by atoms with E-state index in [1.807, 2.05) is 0 Å². The van der Waals surface area contributed by atoms with Crippen molar-refractivity contribution in [3.63, 3.8) is 0 Å². The molecule has 120 valence electrons. The van der Waals surface area contributed by atoms with Crippen molar-refractivity contribution < 1.29 is 23.1 Å². The average molecular weight is 391 g/mol. The first-order valence-electron chi connectivity index (χ1n) is 6.44. The summed E-state index contributed by atoms with van der Waals surface area (Å²) in [6.45, 7) is 2.05. The second-order valence-electron chi connectivity index (χ2n) is 5.11. The largest absolute Gasteiger partial charge is 0.478 e. The number of likely N-dealkylation sites (tertiary alicyclic amines) is 1. The van der Waals surface area contributed by atoms with E-state index in [1.165, 1.54) is 11.0 Å². The summed E-state index contributed by atoms with van der Waals surface area (Å²) in [5.74, 6) is -1.51. The van der Waals surface area contributed by atoms with Gasteiger partial charge < -0.3 is 10.0 Å². The van der Waals surface area contributed by atoms with Gasteiger partial charge >= 0.3 is 5.97 Å². The van der Waals surface area contributed by atoms with E-state index in [0.29, 0.717) is 23.0 Å². The fraction of sp³-hybridized carbons (Fsp3) is 0.385. The number of carboxylic acid groups (broad SMARTS) is 1. The highest BCUT2D eigenvalue weighted by molar-refractivity contribution is 9.10. The minimum absolute atomic E-state index is 0.107. The molecule has 1 aromatic carbocycles. The van der Waals surface area contributed by atoms with Crippen LogP contribution in [0.4, 0.5) is 0 Å². The normalized spacial score (nSPS) is 18.8. The Hall–Kier alpha value is -1.45. The Labute approximate surface area is 136 Å². The van der Waals surface area contributed by atoms with Crippen molar-refractivity contribution in [1.82, 2.24) is 9.62 Å². The molecule has 1 unspecified atom stereocenters. The number of hydrogen-bond acceptors (Lipinski definition) is 4. The van der Waals surface area contributed by atoms with E-state index in [9.17, 15) is 18.0 Å². The van der Waals surface area contributed by atoms with Gasteiger partial charge in [0.25, 0.3) is 0 Å². The standard InChI is InChI=1S/C13H15BrN2O5S/c1-7-9(13(18)19)5-8(6-10(7)14)22(20,21)15-11-3-4-16(2)12(11)17/h5-6,11,15H,3-4H2,1-2H3,(H,18,19). The number of hydrogen-bond donors (Lipinski definition) is 2. The number of likely N-dealkylation sites (N-methyl/N-ethyl adjacent to an activating group) is 1. The predicted molar refractivity (Wildman–Crippen MR) is 82.2 cm³/mol. The maximum atomic E-state index is 12.4. The van der Waals surface area contributed by atoms with Gasteiger partial charge in [-0.2, -0.15) is 4.72 Å². The molecule has 1 aliphatic heterocycles. The van der Waals surface area contributed by atoms with Crippen molar-refractivity contribution in [1.29, 1.82) is 0 Å². The number of carboxylic acids is 1. The van der Waals surface area contributed by atoms with Gasteiger partial charge in [-0.25, -0.2) is 13.2 Å². The molecule has 1 amide bonds. The summed E-state index contributed by atoms with van der Waals surface area (Å²) in [7, 11) is -2.39.